The maximum Gasteiger partial charge on any atom is 0.137 e. The van der Waals surface area contributed by atoms with Gasteiger partial charge in [-0.15, -0.1) is 0 Å². The van der Waals surface area contributed by atoms with Crippen LogP contribution in [0.25, 0.3) is 0 Å². The number of nitrogens with two attached hydrogens (primary N) is 1. The molecule has 0 aromatic carbocycles. The SMILES string of the molecule is CCc1c(N)ncnc1N1CCCC(C(C)(C)C)CC1. The molecule has 1 aliphatic rings. The third-order valence-electron chi connectivity index (χ3n) is 4.56. The fraction of sp³-hybridized carbons (Fsp3) is 0.750. The Morgan fingerprint density at radius 1 is 1.25 bits per heavy atom. The first-order valence-corrected chi connectivity index (χ1v) is 7.77. The molecule has 0 aliphatic carbocycles. The van der Waals surface area contributed by atoms with Crippen LogP contribution in [-0.4, -0.2) is 23.1 Å². The van der Waals surface area contributed by atoms with Crippen LogP contribution in [0.2, 0.25) is 0 Å². The topological polar surface area (TPSA) is 55.0 Å². The molecule has 0 saturated carbocycles. The molecule has 1 unspecified atom stereocenters. The third kappa shape index (κ3) is 3.22. The molecule has 4 nitrogen and oxygen atoms in total. The van der Waals surface area contributed by atoms with E-state index in [2.05, 4.69) is 42.6 Å². The van der Waals surface area contributed by atoms with Crippen LogP contribution in [0.3, 0.4) is 0 Å². The minimum Gasteiger partial charge on any atom is -0.383 e. The first-order valence-electron chi connectivity index (χ1n) is 7.77. The quantitative estimate of drug-likeness (QED) is 0.900. The molecule has 20 heavy (non-hydrogen) atoms. The summed E-state index contributed by atoms with van der Waals surface area (Å²) in [4.78, 5) is 11.0. The summed E-state index contributed by atoms with van der Waals surface area (Å²) in [6, 6.07) is 0. The van der Waals surface area contributed by atoms with Crippen LogP contribution in [0.15, 0.2) is 6.33 Å². The highest BCUT2D eigenvalue weighted by Crippen LogP contribution is 2.35. The lowest BCUT2D eigenvalue weighted by atomic mass is 9.77. The summed E-state index contributed by atoms with van der Waals surface area (Å²) in [6.07, 6.45) is 6.25. The van der Waals surface area contributed by atoms with Crippen molar-refractivity contribution in [3.63, 3.8) is 0 Å². The van der Waals surface area contributed by atoms with Gasteiger partial charge in [0.15, 0.2) is 0 Å². The van der Waals surface area contributed by atoms with Gasteiger partial charge in [-0.05, 0) is 37.0 Å². The van der Waals surface area contributed by atoms with Gasteiger partial charge in [-0.3, -0.25) is 0 Å². The molecule has 2 rings (SSSR count). The Balaban J connectivity index is 2.17. The summed E-state index contributed by atoms with van der Waals surface area (Å²) in [5.41, 5.74) is 7.49. The van der Waals surface area contributed by atoms with Crippen LogP contribution in [0.5, 0.6) is 0 Å². The Hall–Kier alpha value is -1.32. The van der Waals surface area contributed by atoms with Crippen LogP contribution >= 0.6 is 0 Å². The van der Waals surface area contributed by atoms with Gasteiger partial charge >= 0.3 is 0 Å². The van der Waals surface area contributed by atoms with Crippen molar-refractivity contribution in [2.45, 2.75) is 53.4 Å². The number of nitrogen functional groups attached to an aromatic ring is 1. The maximum atomic E-state index is 6.00. The van der Waals surface area contributed by atoms with Gasteiger partial charge in [0.2, 0.25) is 0 Å². The molecule has 0 spiro atoms. The lowest BCUT2D eigenvalue weighted by Crippen LogP contribution is -2.28. The fourth-order valence-corrected chi connectivity index (χ4v) is 3.20. The van der Waals surface area contributed by atoms with E-state index in [4.69, 9.17) is 5.73 Å². The van der Waals surface area contributed by atoms with Crippen molar-refractivity contribution in [3.8, 4) is 0 Å². The number of anilines is 2. The fourth-order valence-electron chi connectivity index (χ4n) is 3.20. The molecule has 1 saturated heterocycles. The molecule has 2 heterocycles. The highest BCUT2D eigenvalue weighted by molar-refractivity contribution is 5.56. The molecule has 1 fully saturated rings. The molecule has 112 valence electrons. The van der Waals surface area contributed by atoms with Crippen LogP contribution in [0, 0.1) is 11.3 Å². The third-order valence-corrected chi connectivity index (χ3v) is 4.56. The van der Waals surface area contributed by atoms with Crippen molar-refractivity contribution in [1.82, 2.24) is 9.97 Å². The normalized spacial score (nSPS) is 20.8. The van der Waals surface area contributed by atoms with Crippen LogP contribution < -0.4 is 10.6 Å². The van der Waals surface area contributed by atoms with Crippen molar-refractivity contribution in [3.05, 3.63) is 11.9 Å². The van der Waals surface area contributed by atoms with Gasteiger partial charge < -0.3 is 10.6 Å². The van der Waals surface area contributed by atoms with Crippen molar-refractivity contribution in [2.75, 3.05) is 23.7 Å². The molecule has 0 amide bonds. The molecule has 1 aromatic heterocycles. The molecule has 4 heteroatoms. The average Bonchev–Trinajstić information content (AvgIpc) is 2.63. The largest absolute Gasteiger partial charge is 0.383 e. The molecular formula is C16H28N4. The minimum atomic E-state index is 0.397. The summed E-state index contributed by atoms with van der Waals surface area (Å²) < 4.78 is 0. The summed E-state index contributed by atoms with van der Waals surface area (Å²) in [5, 5.41) is 0. The Morgan fingerprint density at radius 2 is 2.00 bits per heavy atom. The summed E-state index contributed by atoms with van der Waals surface area (Å²) >= 11 is 0. The second-order valence-corrected chi connectivity index (χ2v) is 6.90. The van der Waals surface area contributed by atoms with Crippen molar-refractivity contribution in [1.29, 1.82) is 0 Å². The van der Waals surface area contributed by atoms with E-state index in [1.165, 1.54) is 19.3 Å². The van der Waals surface area contributed by atoms with E-state index < -0.39 is 0 Å². The van der Waals surface area contributed by atoms with E-state index in [1.807, 2.05) is 0 Å². The smallest absolute Gasteiger partial charge is 0.137 e. The van der Waals surface area contributed by atoms with Gasteiger partial charge in [0.1, 0.15) is 18.0 Å². The second kappa shape index (κ2) is 5.98. The van der Waals surface area contributed by atoms with Gasteiger partial charge in [-0.1, -0.05) is 27.7 Å². The first-order chi connectivity index (χ1) is 9.43. The average molecular weight is 276 g/mol. The lowest BCUT2D eigenvalue weighted by molar-refractivity contribution is 0.220. The molecule has 0 bridgehead atoms. The Morgan fingerprint density at radius 3 is 2.65 bits per heavy atom. The number of aromatic nitrogens is 2. The van der Waals surface area contributed by atoms with Crippen LogP contribution in [0.1, 0.15) is 52.5 Å². The Bertz CT molecular complexity index is 450. The summed E-state index contributed by atoms with van der Waals surface area (Å²) in [6.45, 7) is 11.3. The highest BCUT2D eigenvalue weighted by atomic mass is 15.2. The number of hydrogen-bond acceptors (Lipinski definition) is 4. The van der Waals surface area contributed by atoms with E-state index in [1.54, 1.807) is 6.33 Å². The monoisotopic (exact) mass is 276 g/mol. The zero-order chi connectivity index (χ0) is 14.8. The van der Waals surface area contributed by atoms with Gasteiger partial charge in [-0.25, -0.2) is 9.97 Å². The predicted molar refractivity (Wildman–Crippen MR) is 84.8 cm³/mol. The second-order valence-electron chi connectivity index (χ2n) is 6.90. The summed E-state index contributed by atoms with van der Waals surface area (Å²) in [5.74, 6) is 2.47. The Labute approximate surface area is 122 Å². The molecular weight excluding hydrogens is 248 g/mol. The maximum absolute atomic E-state index is 6.00. The van der Waals surface area contributed by atoms with Gasteiger partial charge in [0.05, 0.1) is 0 Å². The number of rotatable bonds is 2. The van der Waals surface area contributed by atoms with Crippen LogP contribution in [0.4, 0.5) is 11.6 Å². The van der Waals surface area contributed by atoms with E-state index in [0.717, 1.165) is 36.8 Å². The number of nitrogens with zero attached hydrogens (tertiary/aromatic N) is 3. The highest BCUT2D eigenvalue weighted by Gasteiger charge is 2.28. The summed E-state index contributed by atoms with van der Waals surface area (Å²) in [7, 11) is 0. The van der Waals surface area contributed by atoms with Gasteiger partial charge in [-0.2, -0.15) is 0 Å². The molecule has 0 radical (unpaired) electrons. The van der Waals surface area contributed by atoms with E-state index in [0.29, 0.717) is 11.2 Å². The van der Waals surface area contributed by atoms with Crippen molar-refractivity contribution in [2.24, 2.45) is 11.3 Å². The molecule has 1 aromatic rings. The number of hydrogen-bond donors (Lipinski definition) is 1. The van der Waals surface area contributed by atoms with Crippen molar-refractivity contribution < 1.29 is 0 Å². The lowest BCUT2D eigenvalue weighted by Gasteiger charge is -2.30. The minimum absolute atomic E-state index is 0.397. The predicted octanol–water partition coefficient (Wildman–Crippen LogP) is 3.27. The molecule has 1 atom stereocenters. The van der Waals surface area contributed by atoms with E-state index >= 15 is 0 Å². The Kier molecular flexibility index (Phi) is 4.51. The van der Waals surface area contributed by atoms with Crippen molar-refractivity contribution >= 4 is 11.6 Å². The first kappa shape index (κ1) is 15.1. The van der Waals surface area contributed by atoms with Gasteiger partial charge in [0, 0.05) is 18.7 Å². The zero-order valence-electron chi connectivity index (χ0n) is 13.3. The standard InChI is InChI=1S/C16H28N4/c1-5-13-14(17)18-11-19-15(13)20-9-6-7-12(8-10-20)16(2,3)4/h11-12H,5-10H2,1-4H3,(H2,17,18,19). The van der Waals surface area contributed by atoms with E-state index in [-0.39, 0.29) is 0 Å². The molecule has 2 N–H and O–H groups in total. The van der Waals surface area contributed by atoms with Crippen LogP contribution in [-0.2, 0) is 6.42 Å². The van der Waals surface area contributed by atoms with Gasteiger partial charge in [0.25, 0.3) is 0 Å². The molecule has 1 aliphatic heterocycles. The zero-order valence-corrected chi connectivity index (χ0v) is 13.3. The van der Waals surface area contributed by atoms with E-state index in [9.17, 15) is 0 Å².